The molecule has 1 unspecified atom stereocenters. The molecule has 0 aliphatic carbocycles. The van der Waals surface area contributed by atoms with Crippen LogP contribution in [0.2, 0.25) is 0 Å². The molecule has 1 heterocycles. The van der Waals surface area contributed by atoms with Crippen LogP contribution in [-0.2, 0) is 19.1 Å². The van der Waals surface area contributed by atoms with Crippen molar-refractivity contribution in [2.45, 2.75) is 39.6 Å². The number of amides is 1. The van der Waals surface area contributed by atoms with Gasteiger partial charge in [0.25, 0.3) is 5.91 Å². The first kappa shape index (κ1) is 18.2. The smallest absolute Gasteiger partial charge is 0.337 e. The van der Waals surface area contributed by atoms with E-state index >= 15 is 0 Å². The van der Waals surface area contributed by atoms with E-state index in [1.807, 2.05) is 19.9 Å². The largest absolute Gasteiger partial charge is 0.423 e. The van der Waals surface area contributed by atoms with Gasteiger partial charge in [-0.1, -0.05) is 32.0 Å². The Morgan fingerprint density at radius 1 is 1.21 bits per heavy atom. The van der Waals surface area contributed by atoms with Crippen LogP contribution in [0.1, 0.15) is 27.7 Å². The van der Waals surface area contributed by atoms with Crippen molar-refractivity contribution in [2.75, 3.05) is 6.61 Å². The minimum atomic E-state index is -0.826. The molecule has 1 aliphatic heterocycles. The number of esters is 1. The van der Waals surface area contributed by atoms with E-state index in [9.17, 15) is 9.59 Å². The third-order valence-corrected chi connectivity index (χ3v) is 3.55. The number of nitrogens with one attached hydrogen (secondary N) is 1. The zero-order valence-corrected chi connectivity index (χ0v) is 14.4. The fourth-order valence-corrected chi connectivity index (χ4v) is 2.23. The maximum atomic E-state index is 12.3. The van der Waals surface area contributed by atoms with Crippen molar-refractivity contribution in [1.29, 1.82) is 0 Å². The van der Waals surface area contributed by atoms with Gasteiger partial charge in [0.2, 0.25) is 0 Å². The SMILES string of the molecule is CC1(C)OCC(C)(C)C(C(=O)N/C=C\C(=O)Oc2ccccc2)O1. The number of carbonyl (C=O) groups excluding carboxylic acids is 2. The van der Waals surface area contributed by atoms with Crippen LogP contribution in [0.15, 0.2) is 42.6 Å². The summed E-state index contributed by atoms with van der Waals surface area (Å²) in [5.41, 5.74) is -0.474. The van der Waals surface area contributed by atoms with Gasteiger partial charge in [0.1, 0.15) is 11.9 Å². The molecular weight excluding hydrogens is 310 g/mol. The molecule has 0 saturated carbocycles. The fraction of sp³-hybridized carbons (Fsp3) is 0.444. The highest BCUT2D eigenvalue weighted by atomic mass is 16.7. The topological polar surface area (TPSA) is 73.9 Å². The van der Waals surface area contributed by atoms with Gasteiger partial charge in [-0.3, -0.25) is 4.79 Å². The van der Waals surface area contributed by atoms with E-state index in [0.717, 1.165) is 6.08 Å². The maximum Gasteiger partial charge on any atom is 0.337 e. The van der Waals surface area contributed by atoms with Gasteiger partial charge in [0.05, 0.1) is 6.61 Å². The molecular formula is C18H23NO5. The maximum absolute atomic E-state index is 12.3. The van der Waals surface area contributed by atoms with E-state index in [2.05, 4.69) is 5.32 Å². The second kappa shape index (κ2) is 7.15. The van der Waals surface area contributed by atoms with Gasteiger partial charge in [-0.25, -0.2) is 4.79 Å². The number of hydrogen-bond donors (Lipinski definition) is 1. The Hall–Kier alpha value is -2.18. The lowest BCUT2D eigenvalue weighted by Gasteiger charge is -2.44. The number of hydrogen-bond acceptors (Lipinski definition) is 5. The quantitative estimate of drug-likeness (QED) is 0.520. The molecule has 1 amide bonds. The van der Waals surface area contributed by atoms with Crippen LogP contribution in [0.4, 0.5) is 0 Å². The molecule has 0 spiro atoms. The summed E-state index contributed by atoms with van der Waals surface area (Å²) in [5, 5.41) is 2.56. The summed E-state index contributed by atoms with van der Waals surface area (Å²) in [5.74, 6) is -1.30. The molecule has 6 nitrogen and oxygen atoms in total. The zero-order chi connectivity index (χ0) is 17.8. The summed E-state index contributed by atoms with van der Waals surface area (Å²) in [7, 11) is 0. The van der Waals surface area contributed by atoms with E-state index in [1.54, 1.807) is 38.1 Å². The number of para-hydroxylation sites is 1. The lowest BCUT2D eigenvalue weighted by molar-refractivity contribution is -0.303. The highest BCUT2D eigenvalue weighted by molar-refractivity contribution is 5.86. The van der Waals surface area contributed by atoms with Crippen molar-refractivity contribution in [1.82, 2.24) is 5.32 Å². The van der Waals surface area contributed by atoms with Crippen molar-refractivity contribution >= 4 is 11.9 Å². The second-order valence-electron chi connectivity index (χ2n) is 6.75. The Labute approximate surface area is 141 Å². The van der Waals surface area contributed by atoms with Gasteiger partial charge >= 0.3 is 5.97 Å². The Bertz CT molecular complexity index is 622. The fourth-order valence-electron chi connectivity index (χ4n) is 2.23. The van der Waals surface area contributed by atoms with E-state index in [0.29, 0.717) is 12.4 Å². The number of carbonyl (C=O) groups is 2. The summed E-state index contributed by atoms with van der Waals surface area (Å²) in [6, 6.07) is 8.70. The first-order valence-corrected chi connectivity index (χ1v) is 7.75. The van der Waals surface area contributed by atoms with Crippen molar-refractivity contribution in [3.63, 3.8) is 0 Å². The molecule has 1 atom stereocenters. The third kappa shape index (κ3) is 4.91. The highest BCUT2D eigenvalue weighted by Gasteiger charge is 2.45. The number of benzene rings is 1. The molecule has 1 aromatic carbocycles. The van der Waals surface area contributed by atoms with Crippen LogP contribution in [0.25, 0.3) is 0 Å². The summed E-state index contributed by atoms with van der Waals surface area (Å²) >= 11 is 0. The van der Waals surface area contributed by atoms with E-state index < -0.39 is 23.3 Å². The van der Waals surface area contributed by atoms with Gasteiger partial charge in [-0.05, 0) is 26.0 Å². The Balaban J connectivity index is 1.90. The normalized spacial score (nSPS) is 22.1. The Morgan fingerprint density at radius 3 is 2.54 bits per heavy atom. The Kier molecular flexibility index (Phi) is 5.41. The van der Waals surface area contributed by atoms with Crippen LogP contribution < -0.4 is 10.1 Å². The molecule has 2 rings (SSSR count). The molecule has 1 aromatic rings. The molecule has 1 fully saturated rings. The molecule has 24 heavy (non-hydrogen) atoms. The van der Waals surface area contributed by atoms with Gasteiger partial charge in [-0.15, -0.1) is 0 Å². The van der Waals surface area contributed by atoms with Crippen molar-refractivity contribution in [2.24, 2.45) is 5.41 Å². The van der Waals surface area contributed by atoms with Gasteiger partial charge in [0, 0.05) is 17.7 Å². The van der Waals surface area contributed by atoms with Gasteiger partial charge in [-0.2, -0.15) is 0 Å². The first-order chi connectivity index (χ1) is 11.2. The molecule has 130 valence electrons. The predicted molar refractivity (Wildman–Crippen MR) is 88.0 cm³/mol. The van der Waals surface area contributed by atoms with E-state index in [-0.39, 0.29) is 5.91 Å². The Morgan fingerprint density at radius 2 is 1.88 bits per heavy atom. The third-order valence-electron chi connectivity index (χ3n) is 3.55. The van der Waals surface area contributed by atoms with E-state index in [1.165, 1.54) is 6.20 Å². The standard InChI is InChI=1S/C18H23NO5/c1-17(2)12-22-18(3,4)24-15(17)16(21)19-11-10-14(20)23-13-8-6-5-7-9-13/h5-11,15H,12H2,1-4H3,(H,19,21)/b11-10-. The van der Waals surface area contributed by atoms with Crippen LogP contribution in [0.3, 0.4) is 0 Å². The zero-order valence-electron chi connectivity index (χ0n) is 14.4. The minimum absolute atomic E-state index is 0.333. The van der Waals surface area contributed by atoms with Crippen LogP contribution in [0.5, 0.6) is 5.75 Å². The van der Waals surface area contributed by atoms with Gasteiger partial charge < -0.3 is 19.5 Å². The molecule has 1 N–H and O–H groups in total. The van der Waals surface area contributed by atoms with Crippen LogP contribution in [-0.4, -0.2) is 30.4 Å². The lowest BCUT2D eigenvalue weighted by Crippen LogP contribution is -2.55. The molecule has 0 bridgehead atoms. The van der Waals surface area contributed by atoms with Crippen molar-refractivity contribution in [3.05, 3.63) is 42.6 Å². The minimum Gasteiger partial charge on any atom is -0.423 e. The van der Waals surface area contributed by atoms with Crippen molar-refractivity contribution in [3.8, 4) is 5.75 Å². The van der Waals surface area contributed by atoms with Crippen LogP contribution in [0, 0.1) is 5.41 Å². The lowest BCUT2D eigenvalue weighted by atomic mass is 9.85. The molecule has 0 aromatic heterocycles. The summed E-state index contributed by atoms with van der Waals surface area (Å²) in [6.45, 7) is 7.70. The molecule has 6 heteroatoms. The second-order valence-corrected chi connectivity index (χ2v) is 6.75. The molecule has 0 radical (unpaired) electrons. The van der Waals surface area contributed by atoms with Gasteiger partial charge in [0.15, 0.2) is 5.79 Å². The monoisotopic (exact) mass is 333 g/mol. The number of ether oxygens (including phenoxy) is 3. The average molecular weight is 333 g/mol. The number of rotatable bonds is 4. The molecule has 1 aliphatic rings. The predicted octanol–water partition coefficient (Wildman–Crippen LogP) is 2.40. The van der Waals surface area contributed by atoms with Crippen LogP contribution >= 0.6 is 0 Å². The van der Waals surface area contributed by atoms with E-state index in [4.69, 9.17) is 14.2 Å². The average Bonchev–Trinajstić information content (AvgIpc) is 2.51. The van der Waals surface area contributed by atoms with Crippen molar-refractivity contribution < 1.29 is 23.8 Å². The summed E-state index contributed by atoms with van der Waals surface area (Å²) in [6.07, 6.45) is 1.73. The molecule has 1 saturated heterocycles. The summed E-state index contributed by atoms with van der Waals surface area (Å²) in [4.78, 5) is 24.0. The highest BCUT2D eigenvalue weighted by Crippen LogP contribution is 2.34. The first-order valence-electron chi connectivity index (χ1n) is 7.75. The summed E-state index contributed by atoms with van der Waals surface area (Å²) < 4.78 is 16.4.